The smallest absolute Gasteiger partial charge is 0.173 e. The number of hydrogen-bond donors (Lipinski definition) is 2. The largest absolute Gasteiger partial charge is 0.409 e. The minimum Gasteiger partial charge on any atom is -0.409 e. The zero-order chi connectivity index (χ0) is 14.2. The molecule has 0 saturated carbocycles. The molecule has 2 rings (SSSR count). The van der Waals surface area contributed by atoms with Crippen LogP contribution >= 0.6 is 23.2 Å². The van der Waals surface area contributed by atoms with Crippen molar-refractivity contribution >= 4 is 29.0 Å². The van der Waals surface area contributed by atoms with Gasteiger partial charge in [-0.2, -0.15) is 5.10 Å². The number of nitrogens with two attached hydrogens (primary N) is 1. The first-order valence-corrected chi connectivity index (χ1v) is 6.07. The molecule has 19 heavy (non-hydrogen) atoms. The maximum Gasteiger partial charge on any atom is 0.173 e. The van der Waals surface area contributed by atoms with Crippen molar-refractivity contribution in [1.29, 1.82) is 0 Å². The van der Waals surface area contributed by atoms with Crippen LogP contribution in [0.25, 0.3) is 5.82 Å². The van der Waals surface area contributed by atoms with E-state index in [0.717, 1.165) is 0 Å². The van der Waals surface area contributed by atoms with Crippen molar-refractivity contribution in [2.45, 2.75) is 13.8 Å². The predicted molar refractivity (Wildman–Crippen MR) is 73.4 cm³/mol. The zero-order valence-corrected chi connectivity index (χ0v) is 11.7. The van der Waals surface area contributed by atoms with Crippen molar-refractivity contribution in [3.8, 4) is 5.82 Å². The van der Waals surface area contributed by atoms with Crippen molar-refractivity contribution < 1.29 is 5.21 Å². The van der Waals surface area contributed by atoms with Gasteiger partial charge >= 0.3 is 0 Å². The molecule has 0 aliphatic rings. The number of amidine groups is 1. The second-order valence-corrected chi connectivity index (χ2v) is 4.63. The van der Waals surface area contributed by atoms with Gasteiger partial charge in [-0.05, 0) is 19.9 Å². The summed E-state index contributed by atoms with van der Waals surface area (Å²) in [6.07, 6.45) is 1.50. The standard InChI is InChI=1S/C11H11Cl2N5O/c1-5-8(12)6(2)18(16-5)11-9(13)7(3-4-15-11)10(14)17-19/h3-4,19H,1-2H3,(H2,14,17). The fourth-order valence-electron chi connectivity index (χ4n) is 1.66. The lowest BCUT2D eigenvalue weighted by atomic mass is 10.2. The van der Waals surface area contributed by atoms with Crippen molar-refractivity contribution in [2.24, 2.45) is 10.9 Å². The summed E-state index contributed by atoms with van der Waals surface area (Å²) in [5, 5.41) is 16.7. The number of aromatic nitrogens is 3. The van der Waals surface area contributed by atoms with Crippen LogP contribution in [0.3, 0.4) is 0 Å². The Bertz CT molecular complexity index is 665. The third-order valence-corrected chi connectivity index (χ3v) is 3.58. The molecule has 0 spiro atoms. The molecule has 3 N–H and O–H groups in total. The van der Waals surface area contributed by atoms with Gasteiger partial charge in [0.2, 0.25) is 0 Å². The highest BCUT2D eigenvalue weighted by molar-refractivity contribution is 6.35. The van der Waals surface area contributed by atoms with Crippen LogP contribution in [0.2, 0.25) is 10.0 Å². The van der Waals surface area contributed by atoms with Crippen LogP contribution in [0.1, 0.15) is 17.0 Å². The van der Waals surface area contributed by atoms with Gasteiger partial charge < -0.3 is 10.9 Å². The van der Waals surface area contributed by atoms with E-state index in [1.807, 2.05) is 0 Å². The van der Waals surface area contributed by atoms with E-state index in [0.29, 0.717) is 27.8 Å². The maximum atomic E-state index is 8.72. The minimum absolute atomic E-state index is 0.0960. The van der Waals surface area contributed by atoms with Crippen LogP contribution in [-0.4, -0.2) is 25.8 Å². The Hall–Kier alpha value is -1.79. The highest BCUT2D eigenvalue weighted by Gasteiger charge is 2.17. The van der Waals surface area contributed by atoms with Gasteiger partial charge in [0.25, 0.3) is 0 Å². The van der Waals surface area contributed by atoms with Gasteiger partial charge in [-0.15, -0.1) is 0 Å². The van der Waals surface area contributed by atoms with Crippen LogP contribution in [-0.2, 0) is 0 Å². The third-order valence-electron chi connectivity index (χ3n) is 2.66. The third kappa shape index (κ3) is 2.24. The highest BCUT2D eigenvalue weighted by Crippen LogP contribution is 2.27. The van der Waals surface area contributed by atoms with Crippen LogP contribution in [0, 0.1) is 13.8 Å². The molecule has 2 aromatic rings. The van der Waals surface area contributed by atoms with Crippen LogP contribution in [0.5, 0.6) is 0 Å². The highest BCUT2D eigenvalue weighted by atomic mass is 35.5. The molecule has 0 amide bonds. The summed E-state index contributed by atoms with van der Waals surface area (Å²) < 4.78 is 1.52. The topological polar surface area (TPSA) is 89.3 Å². The molecule has 0 unspecified atom stereocenters. The molecule has 100 valence electrons. The molecular formula is C11H11Cl2N5O. The summed E-state index contributed by atoms with van der Waals surface area (Å²) in [5.74, 6) is 0.277. The van der Waals surface area contributed by atoms with E-state index in [1.165, 1.54) is 10.9 Å². The van der Waals surface area contributed by atoms with Gasteiger partial charge in [0.1, 0.15) is 0 Å². The number of oxime groups is 1. The van der Waals surface area contributed by atoms with Gasteiger partial charge in [0.15, 0.2) is 11.7 Å². The second-order valence-electron chi connectivity index (χ2n) is 3.88. The normalized spacial score (nSPS) is 11.9. The molecule has 0 aliphatic heterocycles. The number of hydrogen-bond acceptors (Lipinski definition) is 4. The molecule has 0 fully saturated rings. The first kappa shape index (κ1) is 13.6. The summed E-state index contributed by atoms with van der Waals surface area (Å²) in [6.45, 7) is 3.59. The van der Waals surface area contributed by atoms with Crippen LogP contribution in [0.4, 0.5) is 0 Å². The average molecular weight is 300 g/mol. The summed E-state index contributed by atoms with van der Waals surface area (Å²) in [4.78, 5) is 4.16. The maximum absolute atomic E-state index is 8.72. The van der Waals surface area contributed by atoms with E-state index in [-0.39, 0.29) is 10.9 Å². The summed E-state index contributed by atoms with van der Waals surface area (Å²) in [7, 11) is 0. The molecule has 2 aromatic heterocycles. The lowest BCUT2D eigenvalue weighted by molar-refractivity contribution is 0.318. The van der Waals surface area contributed by atoms with E-state index < -0.39 is 0 Å². The first-order valence-electron chi connectivity index (χ1n) is 5.31. The van der Waals surface area contributed by atoms with Gasteiger partial charge in [-0.3, -0.25) is 0 Å². The molecule has 2 heterocycles. The van der Waals surface area contributed by atoms with Crippen molar-refractivity contribution in [1.82, 2.24) is 14.8 Å². The van der Waals surface area contributed by atoms with Crippen molar-refractivity contribution in [3.63, 3.8) is 0 Å². The molecule has 0 aromatic carbocycles. The average Bonchev–Trinajstić information content (AvgIpc) is 2.66. The molecule has 6 nitrogen and oxygen atoms in total. The lowest BCUT2D eigenvalue weighted by Gasteiger charge is -2.08. The SMILES string of the molecule is Cc1nn(-c2nccc(/C(N)=N/O)c2Cl)c(C)c1Cl. The van der Waals surface area contributed by atoms with Crippen molar-refractivity contribution in [3.05, 3.63) is 39.3 Å². The molecule has 0 aliphatic carbocycles. The fraction of sp³-hybridized carbons (Fsp3) is 0.182. The molecule has 8 heteroatoms. The Balaban J connectivity index is 2.67. The fourth-order valence-corrected chi connectivity index (χ4v) is 2.07. The quantitative estimate of drug-likeness (QED) is 0.385. The van der Waals surface area contributed by atoms with Gasteiger partial charge in [-0.25, -0.2) is 9.67 Å². The molecule has 0 atom stereocenters. The zero-order valence-electron chi connectivity index (χ0n) is 10.2. The van der Waals surface area contributed by atoms with Crippen molar-refractivity contribution in [2.75, 3.05) is 0 Å². The van der Waals surface area contributed by atoms with Crippen LogP contribution in [0.15, 0.2) is 17.4 Å². The Kier molecular flexibility index (Phi) is 3.64. The van der Waals surface area contributed by atoms with E-state index in [2.05, 4.69) is 15.2 Å². The molecule has 0 saturated heterocycles. The van der Waals surface area contributed by atoms with Gasteiger partial charge in [0.05, 0.1) is 21.4 Å². The van der Waals surface area contributed by atoms with Gasteiger partial charge in [-0.1, -0.05) is 28.4 Å². The van der Waals surface area contributed by atoms with E-state index in [1.54, 1.807) is 19.9 Å². The van der Waals surface area contributed by atoms with Crippen LogP contribution < -0.4 is 5.73 Å². The molecule has 0 bridgehead atoms. The Morgan fingerprint density at radius 2 is 2.05 bits per heavy atom. The molecule has 0 radical (unpaired) electrons. The summed E-state index contributed by atoms with van der Waals surface area (Å²) >= 11 is 12.3. The number of nitrogens with zero attached hydrogens (tertiary/aromatic N) is 4. The lowest BCUT2D eigenvalue weighted by Crippen LogP contribution is -2.15. The first-order chi connectivity index (χ1) is 8.97. The summed E-state index contributed by atoms with van der Waals surface area (Å²) in [5.41, 5.74) is 7.31. The van der Waals surface area contributed by atoms with E-state index in [4.69, 9.17) is 34.1 Å². The minimum atomic E-state index is -0.0960. The number of halogens is 2. The monoisotopic (exact) mass is 299 g/mol. The van der Waals surface area contributed by atoms with Gasteiger partial charge in [0, 0.05) is 11.8 Å². The predicted octanol–water partition coefficient (Wildman–Crippen LogP) is 2.29. The Morgan fingerprint density at radius 3 is 2.58 bits per heavy atom. The van der Waals surface area contributed by atoms with E-state index >= 15 is 0 Å². The Labute approximate surface area is 119 Å². The second kappa shape index (κ2) is 5.07. The molecular weight excluding hydrogens is 289 g/mol. The number of aryl methyl sites for hydroxylation is 1. The Morgan fingerprint density at radius 1 is 1.37 bits per heavy atom. The van der Waals surface area contributed by atoms with E-state index in [9.17, 15) is 0 Å². The number of rotatable bonds is 2. The number of pyridine rings is 1. The summed E-state index contributed by atoms with van der Waals surface area (Å²) in [6, 6.07) is 1.55.